The highest BCUT2D eigenvalue weighted by molar-refractivity contribution is 5.91. The zero-order chi connectivity index (χ0) is 15.4. The zero-order valence-electron chi connectivity index (χ0n) is 11.9. The van der Waals surface area contributed by atoms with Crippen LogP contribution in [0.25, 0.3) is 11.6 Å². The van der Waals surface area contributed by atoms with Crippen LogP contribution >= 0.6 is 0 Å². The van der Waals surface area contributed by atoms with Gasteiger partial charge in [-0.25, -0.2) is 0 Å². The van der Waals surface area contributed by atoms with Gasteiger partial charge in [-0.1, -0.05) is 38.1 Å². The number of hydrogen-bond donors (Lipinski definition) is 2. The van der Waals surface area contributed by atoms with Crippen LogP contribution in [0.3, 0.4) is 0 Å². The molecule has 21 heavy (non-hydrogen) atoms. The van der Waals surface area contributed by atoms with Gasteiger partial charge in [-0.2, -0.15) is 15.6 Å². The highest BCUT2D eigenvalue weighted by Crippen LogP contribution is 2.23. The number of hydrogen-bond acceptors (Lipinski definition) is 4. The maximum atomic E-state index is 9.30. The molecule has 0 saturated heterocycles. The van der Waals surface area contributed by atoms with E-state index in [1.807, 2.05) is 30.3 Å². The maximum Gasteiger partial charge on any atom is 0.163 e. The Morgan fingerprint density at radius 3 is 2.48 bits per heavy atom. The van der Waals surface area contributed by atoms with Gasteiger partial charge in [0.25, 0.3) is 0 Å². The van der Waals surface area contributed by atoms with E-state index < -0.39 is 0 Å². The Kier molecular flexibility index (Phi) is 4.06. The van der Waals surface area contributed by atoms with Crippen molar-refractivity contribution < 1.29 is 0 Å². The van der Waals surface area contributed by atoms with E-state index in [0.29, 0.717) is 17.2 Å². The summed E-state index contributed by atoms with van der Waals surface area (Å²) < 4.78 is 0. The Morgan fingerprint density at radius 1 is 1.29 bits per heavy atom. The van der Waals surface area contributed by atoms with E-state index in [9.17, 15) is 5.26 Å². The number of nitrogens with zero attached hydrogens (tertiary/aromatic N) is 3. The largest absolute Gasteiger partial charge is 0.381 e. The van der Waals surface area contributed by atoms with Gasteiger partial charge in [0.2, 0.25) is 0 Å². The lowest BCUT2D eigenvalue weighted by atomic mass is 10.0. The molecule has 0 radical (unpaired) electrons. The lowest BCUT2D eigenvalue weighted by molar-refractivity contribution is 0.866. The standard InChI is InChI=1S/C16H15N5/c1-10(2)12-5-3-11(4-6-12)7-13(8-17)15-14(9-18)16(19)21-20-15/h3-7,10H,1-2H3,(H3,19,20,21)/b13-7+. The smallest absolute Gasteiger partial charge is 0.163 e. The summed E-state index contributed by atoms with van der Waals surface area (Å²) in [4.78, 5) is 0. The molecule has 2 rings (SSSR count). The molecule has 0 aliphatic heterocycles. The molecule has 0 amide bonds. The average Bonchev–Trinajstić information content (AvgIpc) is 2.86. The molecule has 0 unspecified atom stereocenters. The summed E-state index contributed by atoms with van der Waals surface area (Å²) in [6.45, 7) is 4.25. The van der Waals surface area contributed by atoms with Gasteiger partial charge in [-0.05, 0) is 23.1 Å². The Bertz CT molecular complexity index is 751. The van der Waals surface area contributed by atoms with Crippen molar-refractivity contribution in [1.82, 2.24) is 10.2 Å². The minimum atomic E-state index is 0.101. The third-order valence-electron chi connectivity index (χ3n) is 3.21. The quantitative estimate of drug-likeness (QED) is 0.841. The molecule has 104 valence electrons. The van der Waals surface area contributed by atoms with E-state index in [-0.39, 0.29) is 11.4 Å². The van der Waals surface area contributed by atoms with Crippen LogP contribution < -0.4 is 5.73 Å². The second-order valence-corrected chi connectivity index (χ2v) is 4.96. The Balaban J connectivity index is 2.42. The van der Waals surface area contributed by atoms with Gasteiger partial charge in [0, 0.05) is 0 Å². The number of nitriles is 2. The Labute approximate surface area is 123 Å². The van der Waals surface area contributed by atoms with E-state index in [2.05, 4.69) is 30.1 Å². The average molecular weight is 277 g/mol. The van der Waals surface area contributed by atoms with E-state index in [1.54, 1.807) is 6.08 Å². The van der Waals surface area contributed by atoms with Crippen LogP contribution in [-0.4, -0.2) is 10.2 Å². The highest BCUT2D eigenvalue weighted by Gasteiger charge is 2.14. The molecular weight excluding hydrogens is 262 g/mol. The van der Waals surface area contributed by atoms with E-state index in [4.69, 9.17) is 11.0 Å². The van der Waals surface area contributed by atoms with Crippen LogP contribution in [0, 0.1) is 22.7 Å². The summed E-state index contributed by atoms with van der Waals surface area (Å²) in [5.74, 6) is 0.555. The van der Waals surface area contributed by atoms with E-state index in [1.165, 1.54) is 5.56 Å². The van der Waals surface area contributed by atoms with Crippen LogP contribution in [0.15, 0.2) is 24.3 Å². The van der Waals surface area contributed by atoms with Gasteiger partial charge in [-0.15, -0.1) is 0 Å². The second kappa shape index (κ2) is 5.94. The number of aromatic nitrogens is 2. The van der Waals surface area contributed by atoms with Crippen LogP contribution in [0.4, 0.5) is 5.82 Å². The van der Waals surface area contributed by atoms with Crippen LogP contribution in [0.5, 0.6) is 0 Å². The molecule has 1 aromatic heterocycles. The summed E-state index contributed by atoms with van der Waals surface area (Å²) in [6.07, 6.45) is 1.71. The third-order valence-corrected chi connectivity index (χ3v) is 3.21. The maximum absolute atomic E-state index is 9.30. The highest BCUT2D eigenvalue weighted by atomic mass is 15.2. The molecule has 0 aliphatic rings. The molecule has 0 bridgehead atoms. The molecule has 0 atom stereocenters. The monoisotopic (exact) mass is 277 g/mol. The number of nitrogen functional groups attached to an aromatic ring is 1. The zero-order valence-corrected chi connectivity index (χ0v) is 11.9. The molecule has 5 heteroatoms. The van der Waals surface area contributed by atoms with Crippen molar-refractivity contribution >= 4 is 17.5 Å². The fourth-order valence-electron chi connectivity index (χ4n) is 1.97. The second-order valence-electron chi connectivity index (χ2n) is 4.96. The van der Waals surface area contributed by atoms with Gasteiger partial charge >= 0.3 is 0 Å². The van der Waals surface area contributed by atoms with Gasteiger partial charge in [0.05, 0.1) is 11.3 Å². The molecule has 5 nitrogen and oxygen atoms in total. The van der Waals surface area contributed by atoms with Gasteiger partial charge < -0.3 is 5.73 Å². The number of allylic oxidation sites excluding steroid dienone is 1. The normalized spacial score (nSPS) is 11.2. The lowest BCUT2D eigenvalue weighted by Gasteiger charge is -2.05. The summed E-state index contributed by atoms with van der Waals surface area (Å²) in [5.41, 5.74) is 8.58. The van der Waals surface area contributed by atoms with Gasteiger partial charge in [0.1, 0.15) is 17.7 Å². The number of H-pyrrole nitrogens is 1. The number of aromatic amines is 1. The number of benzene rings is 1. The SMILES string of the molecule is CC(C)c1ccc(/C=C(\C#N)c2[nH]nc(N)c2C#N)cc1. The first kappa shape index (κ1) is 14.4. The minimum absolute atomic E-state index is 0.101. The van der Waals surface area contributed by atoms with E-state index >= 15 is 0 Å². The first-order valence-corrected chi connectivity index (χ1v) is 6.53. The Hall–Kier alpha value is -3.05. The predicted molar refractivity (Wildman–Crippen MR) is 81.7 cm³/mol. The first-order valence-electron chi connectivity index (χ1n) is 6.53. The lowest BCUT2D eigenvalue weighted by Crippen LogP contribution is -1.90. The molecule has 1 heterocycles. The summed E-state index contributed by atoms with van der Waals surface area (Å²) in [6, 6.07) is 12.0. The number of nitrogens with one attached hydrogen (secondary N) is 1. The van der Waals surface area contributed by atoms with Crippen molar-refractivity contribution in [3.8, 4) is 12.1 Å². The molecule has 0 aliphatic carbocycles. The Morgan fingerprint density at radius 2 is 1.95 bits per heavy atom. The van der Waals surface area contributed by atoms with Crippen LogP contribution in [0.2, 0.25) is 0 Å². The van der Waals surface area contributed by atoms with Crippen molar-refractivity contribution in [2.24, 2.45) is 0 Å². The fraction of sp³-hybridized carbons (Fsp3) is 0.188. The first-order chi connectivity index (χ1) is 10.1. The number of rotatable bonds is 3. The molecule has 0 saturated carbocycles. The topological polar surface area (TPSA) is 102 Å². The molecular formula is C16H15N5. The summed E-state index contributed by atoms with van der Waals surface area (Å²) in [5, 5.41) is 24.8. The summed E-state index contributed by atoms with van der Waals surface area (Å²) in [7, 11) is 0. The van der Waals surface area contributed by atoms with Crippen LogP contribution in [-0.2, 0) is 0 Å². The molecule has 0 spiro atoms. The molecule has 0 fully saturated rings. The third kappa shape index (κ3) is 2.93. The number of anilines is 1. The van der Waals surface area contributed by atoms with Crippen LogP contribution in [0.1, 0.15) is 42.1 Å². The van der Waals surface area contributed by atoms with Gasteiger partial charge in [0.15, 0.2) is 5.82 Å². The molecule has 2 aromatic rings. The van der Waals surface area contributed by atoms with Crippen molar-refractivity contribution in [1.29, 1.82) is 10.5 Å². The van der Waals surface area contributed by atoms with Crippen molar-refractivity contribution in [2.45, 2.75) is 19.8 Å². The summed E-state index contributed by atoms with van der Waals surface area (Å²) >= 11 is 0. The van der Waals surface area contributed by atoms with Crippen molar-refractivity contribution in [3.63, 3.8) is 0 Å². The van der Waals surface area contributed by atoms with Crippen molar-refractivity contribution in [2.75, 3.05) is 5.73 Å². The fourth-order valence-corrected chi connectivity index (χ4v) is 1.97. The molecule has 1 aromatic carbocycles. The van der Waals surface area contributed by atoms with Gasteiger partial charge in [-0.3, -0.25) is 5.10 Å². The van der Waals surface area contributed by atoms with E-state index in [0.717, 1.165) is 5.56 Å². The molecule has 3 N–H and O–H groups in total. The minimum Gasteiger partial charge on any atom is -0.381 e. The number of nitrogens with two attached hydrogens (primary N) is 1. The predicted octanol–water partition coefficient (Wildman–Crippen LogP) is 3.05. The van der Waals surface area contributed by atoms with Crippen molar-refractivity contribution in [3.05, 3.63) is 46.6 Å².